The van der Waals surface area contributed by atoms with E-state index in [1.807, 2.05) is 150 Å². The summed E-state index contributed by atoms with van der Waals surface area (Å²) in [6.45, 7) is 13.9. The third-order valence-corrected chi connectivity index (χ3v) is 10.8. The van der Waals surface area contributed by atoms with Gasteiger partial charge in [0.1, 0.15) is 24.4 Å². The first-order valence-corrected chi connectivity index (χ1v) is 22.9. The molecule has 6 aromatic carbocycles. The molecule has 332 valence electrons. The third kappa shape index (κ3) is 14.0. The molecule has 0 radical (unpaired) electrons. The molecule has 0 aromatic heterocycles. The van der Waals surface area contributed by atoms with Crippen LogP contribution in [0.2, 0.25) is 0 Å². The summed E-state index contributed by atoms with van der Waals surface area (Å²) in [6.07, 6.45) is -1.21. The molecule has 2 aliphatic heterocycles. The highest BCUT2D eigenvalue weighted by molar-refractivity contribution is 6.01. The standard InChI is InChI=1S/C50H49NO6.3C2H6/c52-47-31-44(51(47)43-24-14-5-15-25-43)42-28-26-37(27-29-42)30-45-48(54-33-39-18-8-2-9-19-39)50(56-35-41-22-12-4-13-23-41)49(55-34-40-20-10-3-11-21-40)46(57-45)36-53-32-38-16-6-1-7-17-38;3*1-2/h1-29,44-46,48-50H,30-36H2;3*1-2H3/t44-,45-,46+,48-,49+,50+;;;/m0.../s1. The van der Waals surface area contributed by atoms with Crippen LogP contribution in [-0.4, -0.2) is 43.0 Å². The van der Waals surface area contributed by atoms with E-state index >= 15 is 0 Å². The van der Waals surface area contributed by atoms with Gasteiger partial charge in [-0.25, -0.2) is 0 Å². The minimum absolute atomic E-state index is 0.00580. The summed E-state index contributed by atoms with van der Waals surface area (Å²) in [7, 11) is 0. The van der Waals surface area contributed by atoms with E-state index in [1.54, 1.807) is 0 Å². The van der Waals surface area contributed by atoms with Crippen molar-refractivity contribution in [3.8, 4) is 0 Å². The fourth-order valence-electron chi connectivity index (χ4n) is 7.75. The van der Waals surface area contributed by atoms with E-state index in [9.17, 15) is 4.79 Å². The monoisotopic (exact) mass is 849 g/mol. The van der Waals surface area contributed by atoms with Gasteiger partial charge in [0.25, 0.3) is 0 Å². The Morgan fingerprint density at radius 1 is 0.460 bits per heavy atom. The minimum Gasteiger partial charge on any atom is -0.374 e. The molecule has 2 saturated heterocycles. The third-order valence-electron chi connectivity index (χ3n) is 10.8. The Bertz CT molecular complexity index is 2100. The molecule has 0 spiro atoms. The Hall–Kier alpha value is -5.41. The van der Waals surface area contributed by atoms with Crippen LogP contribution in [0.1, 0.15) is 87.4 Å². The van der Waals surface area contributed by atoms with Crippen LogP contribution in [-0.2, 0) is 61.3 Å². The summed E-state index contributed by atoms with van der Waals surface area (Å²) in [5.74, 6) is 0.135. The topological polar surface area (TPSA) is 66.5 Å². The Labute approximate surface area is 377 Å². The van der Waals surface area contributed by atoms with Gasteiger partial charge >= 0.3 is 0 Å². The number of anilines is 1. The number of carbonyl (C=O) groups is 1. The van der Waals surface area contributed by atoms with Crippen LogP contribution in [0.25, 0.3) is 0 Å². The smallest absolute Gasteiger partial charge is 0.230 e. The van der Waals surface area contributed by atoms with E-state index in [4.69, 9.17) is 23.7 Å². The van der Waals surface area contributed by atoms with E-state index in [-0.39, 0.29) is 18.1 Å². The molecule has 0 saturated carbocycles. The number of nitrogens with zero attached hydrogens (tertiary/aromatic N) is 1. The number of amides is 1. The van der Waals surface area contributed by atoms with E-state index in [0.29, 0.717) is 45.9 Å². The van der Waals surface area contributed by atoms with Crippen molar-refractivity contribution in [2.75, 3.05) is 11.5 Å². The molecule has 1 amide bonds. The van der Waals surface area contributed by atoms with Gasteiger partial charge in [-0.15, -0.1) is 0 Å². The van der Waals surface area contributed by atoms with Gasteiger partial charge in [-0.2, -0.15) is 0 Å². The van der Waals surface area contributed by atoms with Crippen molar-refractivity contribution < 1.29 is 28.5 Å². The maximum Gasteiger partial charge on any atom is 0.230 e. The van der Waals surface area contributed by atoms with Crippen molar-refractivity contribution in [3.05, 3.63) is 209 Å². The normalized spacial score (nSPS) is 20.1. The number of rotatable bonds is 17. The second-order valence-corrected chi connectivity index (χ2v) is 14.8. The highest BCUT2D eigenvalue weighted by atomic mass is 16.6. The van der Waals surface area contributed by atoms with Crippen LogP contribution >= 0.6 is 0 Å². The SMILES string of the molecule is CC.CC.CC.O=C1C[C@@H](c2ccc(C[C@@H]3O[C@H](COCc4ccccc4)[C@@H](OCc4ccccc4)[C@H](OCc4ccccc4)[C@H]3OCc3ccccc3)cc2)N1c1ccccc1. The van der Waals surface area contributed by atoms with Crippen LogP contribution in [0, 0.1) is 0 Å². The Kier molecular flexibility index (Phi) is 20.8. The molecule has 0 bridgehead atoms. The van der Waals surface area contributed by atoms with Crippen LogP contribution in [0.15, 0.2) is 176 Å². The molecular weight excluding hydrogens is 783 g/mol. The average Bonchev–Trinajstić information content (AvgIpc) is 3.35. The zero-order valence-electron chi connectivity index (χ0n) is 38.1. The van der Waals surface area contributed by atoms with E-state index < -0.39 is 24.4 Å². The van der Waals surface area contributed by atoms with Crippen molar-refractivity contribution in [3.63, 3.8) is 0 Å². The Balaban J connectivity index is 0.00000120. The first-order valence-electron chi connectivity index (χ1n) is 22.9. The number of ether oxygens (including phenoxy) is 5. The molecule has 7 heteroatoms. The van der Waals surface area contributed by atoms with Crippen LogP contribution < -0.4 is 4.90 Å². The second-order valence-electron chi connectivity index (χ2n) is 14.8. The largest absolute Gasteiger partial charge is 0.374 e. The molecule has 6 atom stereocenters. The summed E-state index contributed by atoms with van der Waals surface area (Å²) in [5, 5.41) is 0. The van der Waals surface area contributed by atoms with Gasteiger partial charge in [0, 0.05) is 12.1 Å². The minimum atomic E-state index is -0.496. The van der Waals surface area contributed by atoms with Crippen molar-refractivity contribution in [1.29, 1.82) is 0 Å². The lowest BCUT2D eigenvalue weighted by Crippen LogP contribution is -2.61. The van der Waals surface area contributed by atoms with Crippen molar-refractivity contribution in [1.82, 2.24) is 0 Å². The van der Waals surface area contributed by atoms with Crippen LogP contribution in [0.5, 0.6) is 0 Å². The van der Waals surface area contributed by atoms with Crippen LogP contribution in [0.3, 0.4) is 0 Å². The lowest BCUT2D eigenvalue weighted by molar-refractivity contribution is -0.272. The van der Waals surface area contributed by atoms with E-state index in [2.05, 4.69) is 72.8 Å². The molecule has 0 N–H and O–H groups in total. The molecule has 2 fully saturated rings. The fourth-order valence-corrected chi connectivity index (χ4v) is 7.75. The number of para-hydroxylation sites is 1. The van der Waals surface area contributed by atoms with Gasteiger partial charge in [-0.3, -0.25) is 4.79 Å². The van der Waals surface area contributed by atoms with Gasteiger partial charge in [0.05, 0.1) is 51.6 Å². The van der Waals surface area contributed by atoms with E-state index in [0.717, 1.165) is 39.1 Å². The molecule has 2 aliphatic rings. The Morgan fingerprint density at radius 2 is 0.857 bits per heavy atom. The summed E-state index contributed by atoms with van der Waals surface area (Å²) >= 11 is 0. The molecule has 2 heterocycles. The molecule has 0 unspecified atom stereocenters. The number of hydrogen-bond acceptors (Lipinski definition) is 6. The lowest BCUT2D eigenvalue weighted by atomic mass is 9.89. The molecule has 63 heavy (non-hydrogen) atoms. The maximum absolute atomic E-state index is 12.7. The van der Waals surface area contributed by atoms with Crippen molar-refractivity contribution in [2.24, 2.45) is 0 Å². The first kappa shape index (κ1) is 48.6. The highest BCUT2D eigenvalue weighted by Crippen LogP contribution is 2.39. The quantitative estimate of drug-likeness (QED) is 0.0852. The predicted molar refractivity (Wildman–Crippen MR) is 255 cm³/mol. The number of carbonyl (C=O) groups excluding carboxylic acids is 1. The van der Waals surface area contributed by atoms with Crippen molar-refractivity contribution >= 4 is 11.6 Å². The van der Waals surface area contributed by atoms with Crippen LogP contribution in [0.4, 0.5) is 5.69 Å². The van der Waals surface area contributed by atoms with Gasteiger partial charge in [0.2, 0.25) is 5.91 Å². The highest BCUT2D eigenvalue weighted by Gasteiger charge is 2.48. The molecule has 8 rings (SSSR count). The van der Waals surface area contributed by atoms with Gasteiger partial charge in [-0.1, -0.05) is 205 Å². The molecule has 7 nitrogen and oxygen atoms in total. The van der Waals surface area contributed by atoms with Gasteiger partial charge < -0.3 is 28.6 Å². The lowest BCUT2D eigenvalue weighted by Gasteiger charge is -2.46. The number of β-lactam (4-membered cyclic amide) rings is 1. The zero-order valence-corrected chi connectivity index (χ0v) is 38.1. The average molecular weight is 850 g/mol. The molecule has 0 aliphatic carbocycles. The number of hydrogen-bond donors (Lipinski definition) is 0. The zero-order chi connectivity index (χ0) is 44.7. The van der Waals surface area contributed by atoms with Crippen molar-refractivity contribution in [2.45, 2.75) is 117 Å². The van der Waals surface area contributed by atoms with E-state index in [1.165, 1.54) is 0 Å². The van der Waals surface area contributed by atoms with Gasteiger partial charge in [0.15, 0.2) is 0 Å². The summed E-state index contributed by atoms with van der Waals surface area (Å²) < 4.78 is 34.2. The maximum atomic E-state index is 12.7. The summed E-state index contributed by atoms with van der Waals surface area (Å²) in [5.41, 5.74) is 7.41. The van der Waals surface area contributed by atoms with Gasteiger partial charge in [-0.05, 0) is 45.5 Å². The first-order chi connectivity index (χ1) is 31.2. The molecule has 6 aromatic rings. The second kappa shape index (κ2) is 26.9. The fraction of sp³-hybridized carbons (Fsp3) is 0.339. The summed E-state index contributed by atoms with van der Waals surface area (Å²) in [4.78, 5) is 14.6. The predicted octanol–water partition coefficient (Wildman–Crippen LogP) is 12.5. The number of benzene rings is 6. The summed E-state index contributed by atoms with van der Waals surface area (Å²) in [6, 6.07) is 59.3. The Morgan fingerprint density at radius 3 is 1.30 bits per heavy atom. The molecular formula is C56H67NO6.